The molecule has 1 aliphatic rings. The lowest BCUT2D eigenvalue weighted by Crippen LogP contribution is -2.42. The molecule has 1 fully saturated rings. The van der Waals surface area contributed by atoms with Gasteiger partial charge in [-0.2, -0.15) is 5.10 Å². The van der Waals surface area contributed by atoms with Crippen molar-refractivity contribution in [2.45, 2.75) is 45.8 Å². The minimum absolute atomic E-state index is 0.210. The van der Waals surface area contributed by atoms with Gasteiger partial charge in [0.15, 0.2) is 0 Å². The lowest BCUT2D eigenvalue weighted by molar-refractivity contribution is 0.0177. The molecule has 2 heterocycles. The number of nitrogens with two attached hydrogens (primary N) is 1. The summed E-state index contributed by atoms with van der Waals surface area (Å²) in [7, 11) is 0. The highest BCUT2D eigenvalue weighted by Crippen LogP contribution is 2.24. The number of nitrogen functional groups attached to an aromatic ring is 1. The molecule has 1 amide bonds. The van der Waals surface area contributed by atoms with Crippen LogP contribution in [-0.2, 0) is 11.3 Å². The number of rotatable bonds is 2. The van der Waals surface area contributed by atoms with E-state index in [0.29, 0.717) is 5.92 Å². The van der Waals surface area contributed by atoms with Crippen molar-refractivity contribution in [2.24, 2.45) is 5.92 Å². The topological polar surface area (TPSA) is 73.4 Å². The Kier molecular flexibility index (Phi) is 4.39. The van der Waals surface area contributed by atoms with Gasteiger partial charge in [0.2, 0.25) is 0 Å². The Morgan fingerprint density at radius 1 is 1.33 bits per heavy atom. The molecular weight excluding hydrogens is 304 g/mol. The fourth-order valence-corrected chi connectivity index (χ4v) is 3.10. The Hall–Kier alpha value is -2.24. The maximum Gasteiger partial charge on any atom is 0.410 e. The normalized spacial score (nSPS) is 16.5. The third kappa shape index (κ3) is 3.80. The van der Waals surface area contributed by atoms with Gasteiger partial charge in [0.1, 0.15) is 5.60 Å². The number of carbonyl (C=O) groups excluding carboxylic acids is 1. The predicted octanol–water partition coefficient (Wildman–Crippen LogP) is 3.27. The number of hydrogen-bond donors (Lipinski definition) is 1. The third-order valence-corrected chi connectivity index (χ3v) is 4.37. The molecule has 6 heteroatoms. The van der Waals surface area contributed by atoms with Crippen molar-refractivity contribution in [1.29, 1.82) is 0 Å². The minimum Gasteiger partial charge on any atom is -0.444 e. The zero-order valence-electron chi connectivity index (χ0n) is 14.7. The van der Waals surface area contributed by atoms with Crippen molar-refractivity contribution in [3.8, 4) is 0 Å². The molecule has 0 saturated carbocycles. The number of ether oxygens (including phenoxy) is 1. The molecule has 0 aliphatic carbocycles. The Balaban J connectivity index is 1.59. The van der Waals surface area contributed by atoms with Gasteiger partial charge in [-0.25, -0.2) is 4.79 Å². The zero-order valence-corrected chi connectivity index (χ0v) is 14.7. The second-order valence-corrected chi connectivity index (χ2v) is 7.56. The summed E-state index contributed by atoms with van der Waals surface area (Å²) < 4.78 is 7.47. The van der Waals surface area contributed by atoms with Gasteiger partial charge in [0, 0.05) is 30.7 Å². The van der Waals surface area contributed by atoms with E-state index in [1.807, 2.05) is 49.8 Å². The van der Waals surface area contributed by atoms with Crippen LogP contribution < -0.4 is 5.73 Å². The van der Waals surface area contributed by atoms with Crippen molar-refractivity contribution >= 4 is 22.7 Å². The number of hydrogen-bond acceptors (Lipinski definition) is 4. The van der Waals surface area contributed by atoms with Crippen LogP contribution in [-0.4, -0.2) is 39.5 Å². The summed E-state index contributed by atoms with van der Waals surface area (Å²) in [4.78, 5) is 13.9. The molecule has 1 aliphatic heterocycles. The Morgan fingerprint density at radius 3 is 2.71 bits per heavy atom. The van der Waals surface area contributed by atoms with Gasteiger partial charge in [0.05, 0.1) is 11.7 Å². The van der Waals surface area contributed by atoms with Gasteiger partial charge in [0.25, 0.3) is 0 Å². The summed E-state index contributed by atoms with van der Waals surface area (Å²) in [5, 5.41) is 5.60. The molecule has 0 spiro atoms. The summed E-state index contributed by atoms with van der Waals surface area (Å²) in [5.74, 6) is 0.508. The summed E-state index contributed by atoms with van der Waals surface area (Å²) in [6.07, 6.45) is 3.59. The molecule has 2 N–H and O–H groups in total. The molecule has 24 heavy (non-hydrogen) atoms. The number of piperidine rings is 1. The first kappa shape index (κ1) is 16.6. The summed E-state index contributed by atoms with van der Waals surface area (Å²) in [5.41, 5.74) is 7.27. The SMILES string of the molecule is CC(C)(C)OC(=O)N1CCC(Cn2ncc3ccc(N)cc32)CC1. The molecule has 1 saturated heterocycles. The van der Waals surface area contributed by atoms with E-state index in [0.717, 1.165) is 49.1 Å². The van der Waals surface area contributed by atoms with Crippen LogP contribution in [0.2, 0.25) is 0 Å². The van der Waals surface area contributed by atoms with Gasteiger partial charge in [-0.1, -0.05) is 0 Å². The van der Waals surface area contributed by atoms with Crippen LogP contribution in [0.1, 0.15) is 33.6 Å². The Bertz CT molecular complexity index is 724. The molecule has 3 rings (SSSR count). The minimum atomic E-state index is -0.443. The fraction of sp³-hybridized carbons (Fsp3) is 0.556. The molecule has 1 aromatic heterocycles. The highest BCUT2D eigenvalue weighted by molar-refractivity contribution is 5.81. The van der Waals surface area contributed by atoms with E-state index >= 15 is 0 Å². The molecule has 6 nitrogen and oxygen atoms in total. The van der Waals surface area contributed by atoms with Crippen LogP contribution in [0.25, 0.3) is 10.9 Å². The average molecular weight is 330 g/mol. The van der Waals surface area contributed by atoms with Crippen LogP contribution >= 0.6 is 0 Å². The second kappa shape index (κ2) is 6.34. The van der Waals surface area contributed by atoms with Crippen molar-refractivity contribution in [3.05, 3.63) is 24.4 Å². The van der Waals surface area contributed by atoms with E-state index < -0.39 is 5.60 Å². The van der Waals surface area contributed by atoms with E-state index in [-0.39, 0.29) is 6.09 Å². The number of fused-ring (bicyclic) bond motifs is 1. The van der Waals surface area contributed by atoms with Crippen LogP contribution in [0.4, 0.5) is 10.5 Å². The molecule has 2 aromatic rings. The number of amides is 1. The summed E-state index contributed by atoms with van der Waals surface area (Å²) >= 11 is 0. The molecule has 0 atom stereocenters. The molecule has 1 aromatic carbocycles. The number of benzene rings is 1. The summed E-state index contributed by atoms with van der Waals surface area (Å²) in [6, 6.07) is 5.87. The maximum atomic E-state index is 12.1. The Labute approximate surface area is 142 Å². The third-order valence-electron chi connectivity index (χ3n) is 4.37. The van der Waals surface area contributed by atoms with E-state index in [2.05, 4.69) is 5.10 Å². The first-order valence-electron chi connectivity index (χ1n) is 8.51. The summed E-state index contributed by atoms with van der Waals surface area (Å²) in [6.45, 7) is 8.02. The number of likely N-dealkylation sites (tertiary alicyclic amines) is 1. The molecule has 130 valence electrons. The van der Waals surface area contributed by atoms with Gasteiger partial charge in [-0.15, -0.1) is 0 Å². The average Bonchev–Trinajstić information content (AvgIpc) is 2.88. The zero-order chi connectivity index (χ0) is 17.3. The number of carbonyl (C=O) groups is 1. The van der Waals surface area contributed by atoms with E-state index in [1.54, 1.807) is 4.90 Å². The quantitative estimate of drug-likeness (QED) is 0.858. The van der Waals surface area contributed by atoms with E-state index in [4.69, 9.17) is 10.5 Å². The van der Waals surface area contributed by atoms with Gasteiger partial charge < -0.3 is 15.4 Å². The van der Waals surface area contributed by atoms with E-state index in [1.165, 1.54) is 0 Å². The van der Waals surface area contributed by atoms with Crippen molar-refractivity contribution in [2.75, 3.05) is 18.8 Å². The van der Waals surface area contributed by atoms with Crippen LogP contribution in [0, 0.1) is 5.92 Å². The Morgan fingerprint density at radius 2 is 2.04 bits per heavy atom. The van der Waals surface area contributed by atoms with Crippen molar-refractivity contribution in [1.82, 2.24) is 14.7 Å². The van der Waals surface area contributed by atoms with Crippen LogP contribution in [0.3, 0.4) is 0 Å². The van der Waals surface area contributed by atoms with Crippen LogP contribution in [0.15, 0.2) is 24.4 Å². The van der Waals surface area contributed by atoms with Crippen molar-refractivity contribution in [3.63, 3.8) is 0 Å². The van der Waals surface area contributed by atoms with Crippen LogP contribution in [0.5, 0.6) is 0 Å². The van der Waals surface area contributed by atoms with Gasteiger partial charge in [-0.3, -0.25) is 4.68 Å². The monoisotopic (exact) mass is 330 g/mol. The lowest BCUT2D eigenvalue weighted by Gasteiger charge is -2.33. The largest absolute Gasteiger partial charge is 0.444 e. The van der Waals surface area contributed by atoms with Crippen molar-refractivity contribution < 1.29 is 9.53 Å². The number of anilines is 1. The fourth-order valence-electron chi connectivity index (χ4n) is 3.10. The van der Waals surface area contributed by atoms with Gasteiger partial charge in [-0.05, 0) is 57.7 Å². The molecule has 0 unspecified atom stereocenters. The first-order chi connectivity index (χ1) is 11.3. The molecule has 0 bridgehead atoms. The molecular formula is C18H26N4O2. The highest BCUT2D eigenvalue weighted by Gasteiger charge is 2.27. The molecule has 0 radical (unpaired) electrons. The first-order valence-corrected chi connectivity index (χ1v) is 8.51. The highest BCUT2D eigenvalue weighted by atomic mass is 16.6. The van der Waals surface area contributed by atoms with E-state index in [9.17, 15) is 4.79 Å². The van der Waals surface area contributed by atoms with Gasteiger partial charge >= 0.3 is 6.09 Å². The number of nitrogens with zero attached hydrogens (tertiary/aromatic N) is 3. The predicted molar refractivity (Wildman–Crippen MR) is 94.7 cm³/mol. The standard InChI is InChI=1S/C18H26N4O2/c1-18(2,3)24-17(23)21-8-6-13(7-9-21)12-22-16-10-15(19)5-4-14(16)11-20-22/h4-5,10-11,13H,6-9,12,19H2,1-3H3. The lowest BCUT2D eigenvalue weighted by atomic mass is 9.97. The maximum absolute atomic E-state index is 12.1. The second-order valence-electron chi connectivity index (χ2n) is 7.56. The smallest absolute Gasteiger partial charge is 0.410 e. The number of aromatic nitrogens is 2.